The maximum Gasteiger partial charge on any atom is 0.328 e. The SMILES string of the molecule is O=C(O)/C=C/c1cnc(N[C@]2(Cc3ccccc3F)CCNC2)cn1. The van der Waals surface area contributed by atoms with Gasteiger partial charge in [-0.25, -0.2) is 14.2 Å². The molecule has 0 bridgehead atoms. The minimum Gasteiger partial charge on any atom is -0.478 e. The van der Waals surface area contributed by atoms with E-state index in [0.29, 0.717) is 30.0 Å². The van der Waals surface area contributed by atoms with Gasteiger partial charge in [-0.05, 0) is 37.1 Å². The minimum absolute atomic E-state index is 0.212. The van der Waals surface area contributed by atoms with Gasteiger partial charge in [-0.1, -0.05) is 18.2 Å². The summed E-state index contributed by atoms with van der Waals surface area (Å²) >= 11 is 0. The zero-order valence-corrected chi connectivity index (χ0v) is 13.6. The van der Waals surface area contributed by atoms with Crippen molar-refractivity contribution in [1.82, 2.24) is 15.3 Å². The Labute approximate surface area is 144 Å². The average Bonchev–Trinajstić information content (AvgIpc) is 3.04. The highest BCUT2D eigenvalue weighted by Gasteiger charge is 2.35. The third kappa shape index (κ3) is 4.39. The van der Waals surface area contributed by atoms with Crippen LogP contribution < -0.4 is 10.6 Å². The number of carbonyl (C=O) groups is 1. The van der Waals surface area contributed by atoms with E-state index in [4.69, 9.17) is 5.11 Å². The summed E-state index contributed by atoms with van der Waals surface area (Å²) in [6, 6.07) is 6.77. The topological polar surface area (TPSA) is 87.1 Å². The van der Waals surface area contributed by atoms with Crippen LogP contribution in [0.3, 0.4) is 0 Å². The lowest BCUT2D eigenvalue weighted by molar-refractivity contribution is -0.131. The van der Waals surface area contributed by atoms with E-state index in [0.717, 1.165) is 19.0 Å². The number of carboxylic acids is 1. The molecule has 7 heteroatoms. The average molecular weight is 342 g/mol. The second kappa shape index (κ2) is 7.40. The Hall–Kier alpha value is -2.80. The number of aliphatic carboxylic acids is 1. The van der Waals surface area contributed by atoms with E-state index in [-0.39, 0.29) is 11.4 Å². The quantitative estimate of drug-likeness (QED) is 0.697. The number of nitrogens with zero attached hydrogens (tertiary/aromatic N) is 2. The van der Waals surface area contributed by atoms with Gasteiger partial charge in [0.25, 0.3) is 0 Å². The second-order valence-electron chi connectivity index (χ2n) is 6.10. The lowest BCUT2D eigenvalue weighted by atomic mass is 9.89. The van der Waals surface area contributed by atoms with Crippen molar-refractivity contribution in [3.63, 3.8) is 0 Å². The standard InChI is InChI=1S/C18H19FN4O2/c19-15-4-2-1-3-13(15)9-18(7-8-20-12-18)23-16-11-21-14(10-22-16)5-6-17(24)25/h1-6,10-11,20H,7-9,12H2,(H,22,23)(H,24,25)/b6-5+/t18-/m0/s1. The van der Waals surface area contributed by atoms with Gasteiger partial charge in [-0.15, -0.1) is 0 Å². The van der Waals surface area contributed by atoms with Crippen LogP contribution in [0.2, 0.25) is 0 Å². The molecule has 2 aromatic rings. The maximum absolute atomic E-state index is 14.0. The molecule has 3 rings (SSSR count). The molecule has 1 fully saturated rings. The molecule has 130 valence electrons. The molecule has 0 spiro atoms. The first-order chi connectivity index (χ1) is 12.1. The van der Waals surface area contributed by atoms with Crippen molar-refractivity contribution in [2.45, 2.75) is 18.4 Å². The molecule has 1 saturated heterocycles. The Bertz CT molecular complexity index is 771. The van der Waals surface area contributed by atoms with Gasteiger partial charge >= 0.3 is 5.97 Å². The summed E-state index contributed by atoms with van der Waals surface area (Å²) in [7, 11) is 0. The van der Waals surface area contributed by atoms with Gasteiger partial charge in [0.1, 0.15) is 11.6 Å². The lowest BCUT2D eigenvalue weighted by Crippen LogP contribution is -2.43. The predicted molar refractivity (Wildman–Crippen MR) is 92.6 cm³/mol. The third-order valence-corrected chi connectivity index (χ3v) is 4.19. The summed E-state index contributed by atoms with van der Waals surface area (Å²) < 4.78 is 14.0. The van der Waals surface area contributed by atoms with Crippen molar-refractivity contribution >= 4 is 17.9 Å². The third-order valence-electron chi connectivity index (χ3n) is 4.19. The van der Waals surface area contributed by atoms with Crippen molar-refractivity contribution in [2.75, 3.05) is 18.4 Å². The summed E-state index contributed by atoms with van der Waals surface area (Å²) in [4.78, 5) is 19.0. The van der Waals surface area contributed by atoms with E-state index in [2.05, 4.69) is 20.6 Å². The monoisotopic (exact) mass is 342 g/mol. The number of aromatic nitrogens is 2. The number of hydrogen-bond acceptors (Lipinski definition) is 5. The molecular weight excluding hydrogens is 323 g/mol. The Morgan fingerprint density at radius 3 is 2.84 bits per heavy atom. The Balaban J connectivity index is 1.76. The predicted octanol–water partition coefficient (Wildman–Crippen LogP) is 2.10. The second-order valence-corrected chi connectivity index (χ2v) is 6.10. The fraction of sp³-hybridized carbons (Fsp3) is 0.278. The Morgan fingerprint density at radius 1 is 1.36 bits per heavy atom. The Morgan fingerprint density at radius 2 is 2.20 bits per heavy atom. The molecular formula is C18H19FN4O2. The van der Waals surface area contributed by atoms with Crippen LogP contribution in [0.15, 0.2) is 42.7 Å². The number of halogens is 1. The number of anilines is 1. The van der Waals surface area contributed by atoms with Gasteiger partial charge in [-0.2, -0.15) is 0 Å². The van der Waals surface area contributed by atoms with Gasteiger partial charge in [0.15, 0.2) is 0 Å². The smallest absolute Gasteiger partial charge is 0.328 e. The van der Waals surface area contributed by atoms with Crippen molar-refractivity contribution in [1.29, 1.82) is 0 Å². The molecule has 25 heavy (non-hydrogen) atoms. The first-order valence-corrected chi connectivity index (χ1v) is 8.02. The molecule has 0 radical (unpaired) electrons. The lowest BCUT2D eigenvalue weighted by Gasteiger charge is -2.30. The van der Waals surface area contributed by atoms with Gasteiger partial charge in [0.05, 0.1) is 23.6 Å². The van der Waals surface area contributed by atoms with E-state index >= 15 is 0 Å². The van der Waals surface area contributed by atoms with Crippen LogP contribution in [0.4, 0.5) is 10.2 Å². The summed E-state index contributed by atoms with van der Waals surface area (Å²) in [6.45, 7) is 1.54. The minimum atomic E-state index is -1.04. The van der Waals surface area contributed by atoms with Gasteiger partial charge in [0, 0.05) is 12.6 Å². The van der Waals surface area contributed by atoms with Crippen molar-refractivity contribution in [2.24, 2.45) is 0 Å². The van der Waals surface area contributed by atoms with Crippen LogP contribution in [0.5, 0.6) is 0 Å². The van der Waals surface area contributed by atoms with E-state index in [1.807, 2.05) is 6.07 Å². The fourth-order valence-electron chi connectivity index (χ4n) is 2.97. The number of nitrogens with one attached hydrogen (secondary N) is 2. The van der Waals surface area contributed by atoms with Crippen LogP contribution in [-0.4, -0.2) is 39.7 Å². The molecule has 0 unspecified atom stereocenters. The largest absolute Gasteiger partial charge is 0.478 e. The first-order valence-electron chi connectivity index (χ1n) is 8.02. The summed E-state index contributed by atoms with van der Waals surface area (Å²) in [5, 5.41) is 15.3. The number of hydrogen-bond donors (Lipinski definition) is 3. The molecule has 0 saturated carbocycles. The highest BCUT2D eigenvalue weighted by atomic mass is 19.1. The van der Waals surface area contributed by atoms with Gasteiger partial charge < -0.3 is 15.7 Å². The van der Waals surface area contributed by atoms with Crippen LogP contribution in [0.25, 0.3) is 6.08 Å². The molecule has 1 aliphatic rings. The van der Waals surface area contributed by atoms with E-state index in [1.165, 1.54) is 18.3 Å². The van der Waals surface area contributed by atoms with E-state index < -0.39 is 5.97 Å². The zero-order chi connectivity index (χ0) is 17.7. The molecule has 1 aromatic carbocycles. The Kier molecular flexibility index (Phi) is 5.04. The zero-order valence-electron chi connectivity index (χ0n) is 13.6. The van der Waals surface area contributed by atoms with Crippen molar-refractivity contribution < 1.29 is 14.3 Å². The van der Waals surface area contributed by atoms with Crippen molar-refractivity contribution in [3.8, 4) is 0 Å². The molecule has 6 nitrogen and oxygen atoms in total. The number of rotatable bonds is 6. The van der Waals surface area contributed by atoms with E-state index in [1.54, 1.807) is 18.3 Å². The molecule has 3 N–H and O–H groups in total. The fourth-order valence-corrected chi connectivity index (χ4v) is 2.97. The molecule has 0 amide bonds. The van der Waals surface area contributed by atoms with Crippen LogP contribution >= 0.6 is 0 Å². The van der Waals surface area contributed by atoms with Crippen molar-refractivity contribution in [3.05, 3.63) is 59.8 Å². The number of carboxylic acid groups (broad SMARTS) is 1. The molecule has 2 heterocycles. The molecule has 1 aromatic heterocycles. The summed E-state index contributed by atoms with van der Waals surface area (Å²) in [5.41, 5.74) is 0.781. The summed E-state index contributed by atoms with van der Waals surface area (Å²) in [5.74, 6) is -0.673. The van der Waals surface area contributed by atoms with Gasteiger partial charge in [-0.3, -0.25) is 4.98 Å². The maximum atomic E-state index is 14.0. The van der Waals surface area contributed by atoms with Crippen LogP contribution in [0.1, 0.15) is 17.7 Å². The normalized spacial score (nSPS) is 20.0. The van der Waals surface area contributed by atoms with Crippen LogP contribution in [-0.2, 0) is 11.2 Å². The highest BCUT2D eigenvalue weighted by Crippen LogP contribution is 2.26. The van der Waals surface area contributed by atoms with Crippen LogP contribution in [0, 0.1) is 5.82 Å². The molecule has 1 aliphatic heterocycles. The van der Waals surface area contributed by atoms with Gasteiger partial charge in [0.2, 0.25) is 0 Å². The molecule has 0 aliphatic carbocycles. The van der Waals surface area contributed by atoms with E-state index in [9.17, 15) is 9.18 Å². The highest BCUT2D eigenvalue weighted by molar-refractivity contribution is 5.84. The molecule has 1 atom stereocenters. The summed E-state index contributed by atoms with van der Waals surface area (Å²) in [6.07, 6.45) is 6.83. The number of benzene rings is 1. The first kappa shape index (κ1) is 17.0.